The maximum absolute atomic E-state index is 7.08. The van der Waals surface area contributed by atoms with Crippen molar-refractivity contribution in [2.24, 2.45) is 0 Å². The molecular formula is C19H30N5OP. The van der Waals surface area contributed by atoms with Gasteiger partial charge in [0, 0.05) is 0 Å². The Kier molecular flexibility index (Phi) is 4.61. The number of nitrogens with zero attached hydrogens (tertiary/aromatic N) is 5. The van der Waals surface area contributed by atoms with E-state index in [4.69, 9.17) is 4.62 Å². The molecule has 142 valence electrons. The van der Waals surface area contributed by atoms with Crippen molar-refractivity contribution in [3.8, 4) is 0 Å². The molecule has 7 heteroatoms. The van der Waals surface area contributed by atoms with E-state index in [0.29, 0.717) is 0 Å². The Labute approximate surface area is 156 Å². The molecule has 4 heterocycles. The molecular weight excluding hydrogens is 345 g/mol. The third kappa shape index (κ3) is 2.75. The third-order valence-corrected chi connectivity index (χ3v) is 10.5. The number of benzene rings is 1. The number of fused-ring (bicyclic) bond motifs is 1. The van der Waals surface area contributed by atoms with Gasteiger partial charge in [0.15, 0.2) is 0 Å². The van der Waals surface area contributed by atoms with E-state index >= 15 is 0 Å². The topological polar surface area (TPSA) is 36.8 Å². The molecule has 3 fully saturated rings. The Morgan fingerprint density at radius 3 is 1.77 bits per heavy atom. The molecule has 2 aromatic rings. The summed E-state index contributed by atoms with van der Waals surface area (Å²) in [4.78, 5) is 4.59. The summed E-state index contributed by atoms with van der Waals surface area (Å²) >= 11 is 0. The zero-order valence-corrected chi connectivity index (χ0v) is 16.5. The Morgan fingerprint density at radius 1 is 0.731 bits per heavy atom. The van der Waals surface area contributed by atoms with Gasteiger partial charge in [0.25, 0.3) is 0 Å². The van der Waals surface area contributed by atoms with E-state index in [0.717, 1.165) is 11.0 Å². The second-order valence-electron chi connectivity index (χ2n) is 7.81. The molecule has 1 aromatic carbocycles. The van der Waals surface area contributed by atoms with Crippen LogP contribution in [0.25, 0.3) is 11.0 Å². The Bertz CT molecular complexity index is 706. The van der Waals surface area contributed by atoms with E-state index in [9.17, 15) is 0 Å². The zero-order chi connectivity index (χ0) is 17.4. The molecule has 0 bridgehead atoms. The van der Waals surface area contributed by atoms with Crippen LogP contribution in [0.2, 0.25) is 0 Å². The summed E-state index contributed by atoms with van der Waals surface area (Å²) in [5.41, 5.74) is 2.10. The summed E-state index contributed by atoms with van der Waals surface area (Å²) in [7, 11) is -2.40. The van der Waals surface area contributed by atoms with Gasteiger partial charge in [-0.2, -0.15) is 0 Å². The predicted octanol–water partition coefficient (Wildman–Crippen LogP) is 3.16. The van der Waals surface area contributed by atoms with Crippen LogP contribution in [0.1, 0.15) is 38.5 Å². The van der Waals surface area contributed by atoms with Gasteiger partial charge < -0.3 is 0 Å². The van der Waals surface area contributed by atoms with Crippen LogP contribution in [0.3, 0.4) is 0 Å². The van der Waals surface area contributed by atoms with Crippen LogP contribution in [-0.4, -0.2) is 63.0 Å². The van der Waals surface area contributed by atoms with Crippen molar-refractivity contribution < 1.29 is 4.62 Å². The summed E-state index contributed by atoms with van der Waals surface area (Å²) in [6.07, 6.45) is 9.66. The molecule has 26 heavy (non-hydrogen) atoms. The molecule has 0 radical (unpaired) electrons. The molecule has 5 rings (SSSR count). The van der Waals surface area contributed by atoms with Crippen LogP contribution in [0.5, 0.6) is 0 Å². The van der Waals surface area contributed by atoms with Crippen molar-refractivity contribution in [3.05, 3.63) is 30.6 Å². The molecule has 3 aliphatic rings. The number of hydrogen-bond acceptors (Lipinski definition) is 5. The van der Waals surface area contributed by atoms with Gasteiger partial charge in [-0.05, 0) is 0 Å². The van der Waals surface area contributed by atoms with Crippen LogP contribution in [0, 0.1) is 0 Å². The minimum atomic E-state index is -2.40. The molecule has 0 N–H and O–H groups in total. The van der Waals surface area contributed by atoms with Crippen molar-refractivity contribution >= 4 is 19.0 Å². The molecule has 0 unspecified atom stereocenters. The predicted molar refractivity (Wildman–Crippen MR) is 107 cm³/mol. The molecule has 0 atom stereocenters. The van der Waals surface area contributed by atoms with Crippen LogP contribution < -0.4 is 4.62 Å². The van der Waals surface area contributed by atoms with Crippen LogP contribution in [-0.2, 0) is 0 Å². The van der Waals surface area contributed by atoms with Gasteiger partial charge in [-0.3, -0.25) is 0 Å². The van der Waals surface area contributed by atoms with Gasteiger partial charge >= 0.3 is 156 Å². The fourth-order valence-electron chi connectivity index (χ4n) is 4.94. The summed E-state index contributed by atoms with van der Waals surface area (Å²) in [6.45, 7) is 7.03. The standard InChI is InChI=1S/C19H30N5OP/c1-2-10-19-18(9-1)20-17-24(19)25-26(21-11-3-4-12-21,22-13-5-6-14-22)23-15-7-8-16-23/h1-2,9-10,17,26H,3-8,11-16H2. The van der Waals surface area contributed by atoms with E-state index in [2.05, 4.69) is 37.2 Å². The first-order valence-electron chi connectivity index (χ1n) is 10.2. The summed E-state index contributed by atoms with van der Waals surface area (Å²) in [5.74, 6) is 0. The van der Waals surface area contributed by atoms with E-state index in [1.165, 1.54) is 77.8 Å². The fourth-order valence-corrected chi connectivity index (χ4v) is 9.59. The first-order valence-corrected chi connectivity index (χ1v) is 12.0. The van der Waals surface area contributed by atoms with Crippen molar-refractivity contribution in [2.75, 3.05) is 39.3 Å². The fraction of sp³-hybridized carbons (Fsp3) is 0.632. The molecule has 0 spiro atoms. The van der Waals surface area contributed by atoms with Crippen LogP contribution in [0.4, 0.5) is 0 Å². The number of rotatable bonds is 5. The quantitative estimate of drug-likeness (QED) is 0.751. The van der Waals surface area contributed by atoms with E-state index in [-0.39, 0.29) is 0 Å². The van der Waals surface area contributed by atoms with Crippen LogP contribution in [0.15, 0.2) is 30.6 Å². The second kappa shape index (κ2) is 7.08. The van der Waals surface area contributed by atoms with Gasteiger partial charge in [-0.15, -0.1) is 0 Å². The number of hydrogen-bond donors (Lipinski definition) is 0. The molecule has 0 saturated carbocycles. The third-order valence-electron chi connectivity index (χ3n) is 6.20. The van der Waals surface area contributed by atoms with Crippen molar-refractivity contribution in [2.45, 2.75) is 38.5 Å². The van der Waals surface area contributed by atoms with Gasteiger partial charge in [-0.25, -0.2) is 0 Å². The number of aromatic nitrogens is 2. The zero-order valence-electron chi connectivity index (χ0n) is 15.5. The molecule has 0 aliphatic carbocycles. The van der Waals surface area contributed by atoms with E-state index in [1.807, 2.05) is 17.1 Å². The minimum absolute atomic E-state index is 1.01. The number of imidazole rings is 1. The second-order valence-corrected chi connectivity index (χ2v) is 11.0. The Morgan fingerprint density at radius 2 is 1.23 bits per heavy atom. The average molecular weight is 375 g/mol. The average Bonchev–Trinajstić information content (AvgIpc) is 3.49. The molecule has 3 saturated heterocycles. The van der Waals surface area contributed by atoms with Crippen molar-refractivity contribution in [1.29, 1.82) is 0 Å². The number of para-hydroxylation sites is 2. The normalized spacial score (nSPS) is 24.0. The summed E-state index contributed by atoms with van der Waals surface area (Å²) < 4.78 is 17.2. The van der Waals surface area contributed by atoms with Crippen molar-refractivity contribution in [1.82, 2.24) is 23.7 Å². The van der Waals surface area contributed by atoms with Gasteiger partial charge in [0.05, 0.1) is 0 Å². The monoisotopic (exact) mass is 375 g/mol. The van der Waals surface area contributed by atoms with E-state index in [1.54, 1.807) is 0 Å². The first kappa shape index (κ1) is 16.9. The van der Waals surface area contributed by atoms with E-state index < -0.39 is 7.94 Å². The Hall–Kier alpha value is -1.20. The van der Waals surface area contributed by atoms with Gasteiger partial charge in [0.2, 0.25) is 0 Å². The molecule has 1 aromatic heterocycles. The molecule has 3 aliphatic heterocycles. The Balaban J connectivity index is 1.59. The molecule has 6 nitrogen and oxygen atoms in total. The van der Waals surface area contributed by atoms with Gasteiger partial charge in [-0.1, -0.05) is 0 Å². The summed E-state index contributed by atoms with van der Waals surface area (Å²) in [5, 5.41) is 0. The van der Waals surface area contributed by atoms with Gasteiger partial charge in [0.1, 0.15) is 0 Å². The summed E-state index contributed by atoms with van der Waals surface area (Å²) in [6, 6.07) is 8.32. The SMILES string of the molecule is c1ccc2c(c1)ncn2O[PH](N1CCCC1)(N1CCCC1)N1CCCC1. The van der Waals surface area contributed by atoms with Crippen LogP contribution >= 0.6 is 7.94 Å². The maximum atomic E-state index is 7.08. The van der Waals surface area contributed by atoms with Crippen molar-refractivity contribution in [3.63, 3.8) is 0 Å². The first-order chi connectivity index (χ1) is 12.9. The molecule has 0 amide bonds.